The molecule has 0 aliphatic rings. The summed E-state index contributed by atoms with van der Waals surface area (Å²) in [4.78, 5) is 16.0. The fraction of sp³-hybridized carbons (Fsp3) is 0.143. The van der Waals surface area contributed by atoms with Crippen LogP contribution in [0.1, 0.15) is 11.5 Å². The zero-order valence-electron chi connectivity index (χ0n) is 9.91. The molecule has 4 heteroatoms. The second-order valence-electron chi connectivity index (χ2n) is 3.92. The lowest BCUT2D eigenvalue weighted by Gasteiger charge is -2.15. The highest BCUT2D eigenvalue weighted by molar-refractivity contribution is 5.95. The number of nitrogens with one attached hydrogen (secondary N) is 1. The lowest BCUT2D eigenvalue weighted by molar-refractivity contribution is -0.117. The van der Waals surface area contributed by atoms with E-state index in [9.17, 15) is 4.79 Å². The zero-order valence-corrected chi connectivity index (χ0v) is 9.91. The van der Waals surface area contributed by atoms with Gasteiger partial charge in [-0.1, -0.05) is 30.3 Å². The molecule has 2 rings (SSSR count). The second-order valence-corrected chi connectivity index (χ2v) is 3.92. The first kappa shape index (κ1) is 12.3. The third-order valence-corrected chi connectivity index (χ3v) is 2.70. The molecular formula is C14H15N3O. The number of rotatable bonds is 4. The molecule has 0 aliphatic heterocycles. The molecule has 1 aromatic carbocycles. The number of nitrogens with two attached hydrogens (primary N) is 1. The average Bonchev–Trinajstić information content (AvgIpc) is 2.42. The summed E-state index contributed by atoms with van der Waals surface area (Å²) in [6, 6.07) is 13.0. The number of nitrogens with zero attached hydrogens (tertiary/aromatic N) is 1. The topological polar surface area (TPSA) is 68.0 Å². The SMILES string of the molecule is NCC(C(=O)Nc1ccncc1)c1ccccc1. The van der Waals surface area contributed by atoms with Crippen molar-refractivity contribution in [3.63, 3.8) is 0 Å². The summed E-state index contributed by atoms with van der Waals surface area (Å²) in [6.45, 7) is 0.279. The number of hydrogen-bond acceptors (Lipinski definition) is 3. The molecule has 0 fully saturated rings. The van der Waals surface area contributed by atoms with Crippen LogP contribution in [0, 0.1) is 0 Å². The summed E-state index contributed by atoms with van der Waals surface area (Å²) in [6.07, 6.45) is 3.27. The highest BCUT2D eigenvalue weighted by Crippen LogP contribution is 2.16. The lowest BCUT2D eigenvalue weighted by atomic mass is 9.98. The molecule has 92 valence electrons. The van der Waals surface area contributed by atoms with Gasteiger partial charge in [-0.05, 0) is 17.7 Å². The van der Waals surface area contributed by atoms with E-state index >= 15 is 0 Å². The van der Waals surface area contributed by atoms with Crippen LogP contribution in [0.4, 0.5) is 5.69 Å². The Morgan fingerprint density at radius 1 is 1.17 bits per heavy atom. The van der Waals surface area contributed by atoms with Crippen LogP contribution in [0.3, 0.4) is 0 Å². The molecule has 3 N–H and O–H groups in total. The molecule has 0 saturated carbocycles. The maximum Gasteiger partial charge on any atom is 0.233 e. The molecule has 1 unspecified atom stereocenters. The van der Waals surface area contributed by atoms with E-state index in [1.165, 1.54) is 0 Å². The minimum atomic E-state index is -0.334. The number of pyridine rings is 1. The van der Waals surface area contributed by atoms with Crippen molar-refractivity contribution in [2.45, 2.75) is 5.92 Å². The van der Waals surface area contributed by atoms with E-state index in [0.717, 1.165) is 11.3 Å². The number of benzene rings is 1. The van der Waals surface area contributed by atoms with Crippen molar-refractivity contribution in [1.82, 2.24) is 4.98 Å². The number of aromatic nitrogens is 1. The van der Waals surface area contributed by atoms with E-state index in [2.05, 4.69) is 10.3 Å². The van der Waals surface area contributed by atoms with Crippen molar-refractivity contribution < 1.29 is 4.79 Å². The summed E-state index contributed by atoms with van der Waals surface area (Å²) >= 11 is 0. The van der Waals surface area contributed by atoms with Crippen LogP contribution in [0.2, 0.25) is 0 Å². The van der Waals surface area contributed by atoms with E-state index in [-0.39, 0.29) is 18.4 Å². The Morgan fingerprint density at radius 3 is 2.44 bits per heavy atom. The van der Waals surface area contributed by atoms with E-state index in [4.69, 9.17) is 5.73 Å². The Morgan fingerprint density at radius 2 is 1.83 bits per heavy atom. The van der Waals surface area contributed by atoms with Gasteiger partial charge in [0, 0.05) is 24.6 Å². The molecule has 0 spiro atoms. The molecule has 1 aromatic heterocycles. The lowest BCUT2D eigenvalue weighted by Crippen LogP contribution is -2.27. The highest BCUT2D eigenvalue weighted by Gasteiger charge is 2.18. The first-order valence-electron chi connectivity index (χ1n) is 5.77. The van der Waals surface area contributed by atoms with Crippen molar-refractivity contribution in [3.05, 3.63) is 60.4 Å². The van der Waals surface area contributed by atoms with E-state index in [1.54, 1.807) is 24.5 Å². The van der Waals surface area contributed by atoms with Gasteiger partial charge in [0.2, 0.25) is 5.91 Å². The number of hydrogen-bond donors (Lipinski definition) is 2. The van der Waals surface area contributed by atoms with Crippen LogP contribution < -0.4 is 11.1 Å². The third-order valence-electron chi connectivity index (χ3n) is 2.70. The zero-order chi connectivity index (χ0) is 12.8. The third kappa shape index (κ3) is 2.93. The molecule has 0 aliphatic carbocycles. The predicted molar refractivity (Wildman–Crippen MR) is 71.1 cm³/mol. The van der Waals surface area contributed by atoms with E-state index < -0.39 is 0 Å². The Balaban J connectivity index is 2.12. The van der Waals surface area contributed by atoms with Gasteiger partial charge in [0.15, 0.2) is 0 Å². The fourth-order valence-electron chi connectivity index (χ4n) is 1.74. The Labute approximate surface area is 106 Å². The molecule has 0 radical (unpaired) electrons. The smallest absolute Gasteiger partial charge is 0.233 e. The maximum atomic E-state index is 12.1. The number of carbonyl (C=O) groups excluding carboxylic acids is 1. The first-order chi connectivity index (χ1) is 8.81. The monoisotopic (exact) mass is 241 g/mol. The molecule has 2 aromatic rings. The van der Waals surface area contributed by atoms with E-state index in [1.807, 2.05) is 30.3 Å². The van der Waals surface area contributed by atoms with Gasteiger partial charge in [0.25, 0.3) is 0 Å². The van der Waals surface area contributed by atoms with Gasteiger partial charge in [0.05, 0.1) is 5.92 Å². The Kier molecular flexibility index (Phi) is 4.04. The molecular weight excluding hydrogens is 226 g/mol. The molecule has 1 heterocycles. The normalized spacial score (nSPS) is 11.8. The largest absolute Gasteiger partial charge is 0.329 e. The molecule has 0 bridgehead atoms. The second kappa shape index (κ2) is 5.93. The fourth-order valence-corrected chi connectivity index (χ4v) is 1.74. The summed E-state index contributed by atoms with van der Waals surface area (Å²) in [7, 11) is 0. The summed E-state index contributed by atoms with van der Waals surface area (Å²) in [5.74, 6) is -0.436. The van der Waals surface area contributed by atoms with Gasteiger partial charge < -0.3 is 11.1 Å². The van der Waals surface area contributed by atoms with Crippen LogP contribution in [0.5, 0.6) is 0 Å². The molecule has 4 nitrogen and oxygen atoms in total. The van der Waals surface area contributed by atoms with Crippen molar-refractivity contribution in [3.8, 4) is 0 Å². The summed E-state index contributed by atoms with van der Waals surface area (Å²) in [5, 5.41) is 2.83. The van der Waals surface area contributed by atoms with Crippen LogP contribution in [-0.4, -0.2) is 17.4 Å². The highest BCUT2D eigenvalue weighted by atomic mass is 16.1. The number of amides is 1. The number of carbonyl (C=O) groups is 1. The van der Waals surface area contributed by atoms with Gasteiger partial charge in [-0.3, -0.25) is 9.78 Å². The summed E-state index contributed by atoms with van der Waals surface area (Å²) < 4.78 is 0. The van der Waals surface area contributed by atoms with Gasteiger partial charge in [-0.2, -0.15) is 0 Å². The quantitative estimate of drug-likeness (QED) is 0.857. The van der Waals surface area contributed by atoms with Gasteiger partial charge in [-0.15, -0.1) is 0 Å². The molecule has 18 heavy (non-hydrogen) atoms. The van der Waals surface area contributed by atoms with Crippen LogP contribution in [-0.2, 0) is 4.79 Å². The van der Waals surface area contributed by atoms with Crippen molar-refractivity contribution in [2.24, 2.45) is 5.73 Å². The van der Waals surface area contributed by atoms with Gasteiger partial charge >= 0.3 is 0 Å². The minimum absolute atomic E-state index is 0.102. The Bertz CT molecular complexity index is 499. The van der Waals surface area contributed by atoms with Gasteiger partial charge in [-0.25, -0.2) is 0 Å². The van der Waals surface area contributed by atoms with Gasteiger partial charge in [0.1, 0.15) is 0 Å². The molecule has 1 atom stereocenters. The maximum absolute atomic E-state index is 12.1. The van der Waals surface area contributed by atoms with Crippen LogP contribution in [0.25, 0.3) is 0 Å². The Hall–Kier alpha value is -2.20. The standard InChI is InChI=1S/C14H15N3O/c15-10-13(11-4-2-1-3-5-11)14(18)17-12-6-8-16-9-7-12/h1-9,13H,10,15H2,(H,16,17,18). The van der Waals surface area contributed by atoms with Crippen LogP contribution in [0.15, 0.2) is 54.9 Å². The van der Waals surface area contributed by atoms with Crippen molar-refractivity contribution >= 4 is 11.6 Å². The van der Waals surface area contributed by atoms with Crippen LogP contribution >= 0.6 is 0 Å². The number of anilines is 1. The average molecular weight is 241 g/mol. The summed E-state index contributed by atoms with van der Waals surface area (Å²) in [5.41, 5.74) is 7.34. The minimum Gasteiger partial charge on any atom is -0.329 e. The molecule has 1 amide bonds. The first-order valence-corrected chi connectivity index (χ1v) is 5.77. The molecule has 0 saturated heterocycles. The van der Waals surface area contributed by atoms with Crippen molar-refractivity contribution in [2.75, 3.05) is 11.9 Å². The van der Waals surface area contributed by atoms with E-state index in [0.29, 0.717) is 0 Å². The predicted octanol–water partition coefficient (Wildman–Crippen LogP) is 1.76. The van der Waals surface area contributed by atoms with Crippen molar-refractivity contribution in [1.29, 1.82) is 0 Å².